The number of rotatable bonds is 9. The van der Waals surface area contributed by atoms with Crippen LogP contribution in [0, 0.1) is 0 Å². The van der Waals surface area contributed by atoms with Crippen LogP contribution in [0.4, 0.5) is 16.3 Å². The number of aromatic nitrogens is 4. The summed E-state index contributed by atoms with van der Waals surface area (Å²) in [4.78, 5) is 25.3. The van der Waals surface area contributed by atoms with Crippen LogP contribution in [0.5, 0.6) is 0 Å². The molecule has 2 aromatic heterocycles. The average molecular weight is 595 g/mol. The number of benzene rings is 1. The van der Waals surface area contributed by atoms with Crippen molar-refractivity contribution in [3.63, 3.8) is 0 Å². The minimum absolute atomic E-state index is 0.0673. The van der Waals surface area contributed by atoms with E-state index in [9.17, 15) is 4.79 Å². The molecule has 6 rings (SSSR count). The van der Waals surface area contributed by atoms with Crippen molar-refractivity contribution in [2.75, 3.05) is 37.4 Å². The molecule has 3 aromatic rings. The quantitative estimate of drug-likeness (QED) is 0.271. The van der Waals surface area contributed by atoms with Crippen LogP contribution in [0.15, 0.2) is 36.9 Å². The molecule has 13 nitrogen and oxygen atoms in total. The van der Waals surface area contributed by atoms with E-state index in [0.29, 0.717) is 49.7 Å². The minimum atomic E-state index is -0.752. The molecule has 0 saturated carbocycles. The van der Waals surface area contributed by atoms with Crippen LogP contribution >= 0.6 is 0 Å². The van der Waals surface area contributed by atoms with Gasteiger partial charge in [0.25, 0.3) is 0 Å². The zero-order valence-corrected chi connectivity index (χ0v) is 25.4. The Morgan fingerprint density at radius 2 is 1.81 bits per heavy atom. The first-order chi connectivity index (χ1) is 20.4. The fourth-order valence-corrected chi connectivity index (χ4v) is 6.00. The number of hydrogen-bond donors (Lipinski definition) is 4. The normalized spacial score (nSPS) is 25.8. The van der Waals surface area contributed by atoms with E-state index in [2.05, 4.69) is 51.7 Å². The molecule has 5 heterocycles. The SMILES string of the molecule is CC1(C)O[C@@H]2[C@H](O1)[C@@H](CC1(NCCCNC(=O)Nc3ccc(C(C)(C)C)cc3)COC1)O[C@H]2n1cnc2c(N)ncnc21. The van der Waals surface area contributed by atoms with Gasteiger partial charge in [-0.25, -0.2) is 19.7 Å². The topological polar surface area (TPSA) is 160 Å². The van der Waals surface area contributed by atoms with Gasteiger partial charge in [-0.3, -0.25) is 4.57 Å². The molecule has 3 saturated heterocycles. The van der Waals surface area contributed by atoms with Crippen molar-refractivity contribution in [3.8, 4) is 0 Å². The van der Waals surface area contributed by atoms with Crippen molar-refractivity contribution < 1.29 is 23.7 Å². The number of fused-ring (bicyclic) bond motifs is 2. The van der Waals surface area contributed by atoms with Gasteiger partial charge in [-0.1, -0.05) is 32.9 Å². The summed E-state index contributed by atoms with van der Waals surface area (Å²) in [7, 11) is 0. The van der Waals surface area contributed by atoms with Crippen LogP contribution in [0.25, 0.3) is 11.2 Å². The van der Waals surface area contributed by atoms with Gasteiger partial charge >= 0.3 is 6.03 Å². The summed E-state index contributed by atoms with van der Waals surface area (Å²) in [5.41, 5.74) is 8.92. The summed E-state index contributed by atoms with van der Waals surface area (Å²) in [6, 6.07) is 7.73. The number of ether oxygens (including phenoxy) is 4. The number of carbonyl (C=O) groups is 1. The smallest absolute Gasteiger partial charge is 0.319 e. The Kier molecular flexibility index (Phi) is 7.80. The lowest BCUT2D eigenvalue weighted by Gasteiger charge is -2.44. The highest BCUT2D eigenvalue weighted by atomic mass is 16.8. The summed E-state index contributed by atoms with van der Waals surface area (Å²) in [5, 5.41) is 9.50. The zero-order valence-electron chi connectivity index (χ0n) is 25.4. The van der Waals surface area contributed by atoms with E-state index in [1.165, 1.54) is 11.9 Å². The molecule has 13 heteroatoms. The summed E-state index contributed by atoms with van der Waals surface area (Å²) >= 11 is 0. The molecule has 4 atom stereocenters. The molecule has 2 amide bonds. The molecule has 0 radical (unpaired) electrons. The van der Waals surface area contributed by atoms with E-state index >= 15 is 0 Å². The van der Waals surface area contributed by atoms with Crippen LogP contribution < -0.4 is 21.7 Å². The maximum Gasteiger partial charge on any atom is 0.319 e. The van der Waals surface area contributed by atoms with Gasteiger partial charge < -0.3 is 40.6 Å². The number of amides is 2. The molecule has 3 aliphatic heterocycles. The largest absolute Gasteiger partial charge is 0.382 e. The lowest BCUT2D eigenvalue weighted by Crippen LogP contribution is -2.63. The highest BCUT2D eigenvalue weighted by Gasteiger charge is 2.58. The molecule has 5 N–H and O–H groups in total. The summed E-state index contributed by atoms with van der Waals surface area (Å²) in [6.45, 7) is 12.7. The van der Waals surface area contributed by atoms with Crippen LogP contribution in [0.3, 0.4) is 0 Å². The lowest BCUT2D eigenvalue weighted by atomic mass is 9.87. The van der Waals surface area contributed by atoms with Gasteiger partial charge in [0, 0.05) is 12.2 Å². The molecule has 1 aromatic carbocycles. The Balaban J connectivity index is 1.03. The molecule has 3 fully saturated rings. The Bertz CT molecular complexity index is 1450. The predicted molar refractivity (Wildman–Crippen MR) is 160 cm³/mol. The second kappa shape index (κ2) is 11.3. The number of imidazole rings is 1. The predicted octanol–water partition coefficient (Wildman–Crippen LogP) is 3.08. The van der Waals surface area contributed by atoms with Gasteiger partial charge in [-0.2, -0.15) is 0 Å². The molecular weight excluding hydrogens is 552 g/mol. The number of nitrogen functional groups attached to an aromatic ring is 1. The highest BCUT2D eigenvalue weighted by molar-refractivity contribution is 5.89. The number of hydrogen-bond acceptors (Lipinski definition) is 10. The van der Waals surface area contributed by atoms with Gasteiger partial charge in [0.2, 0.25) is 0 Å². The summed E-state index contributed by atoms with van der Waals surface area (Å²) < 4.78 is 26.8. The lowest BCUT2D eigenvalue weighted by molar-refractivity contribution is -0.203. The molecule has 232 valence electrons. The van der Waals surface area contributed by atoms with E-state index in [1.54, 1.807) is 6.33 Å². The Morgan fingerprint density at radius 3 is 2.51 bits per heavy atom. The van der Waals surface area contributed by atoms with Gasteiger partial charge in [0.05, 0.1) is 31.2 Å². The minimum Gasteiger partial charge on any atom is -0.382 e. The van der Waals surface area contributed by atoms with E-state index < -0.39 is 12.0 Å². The van der Waals surface area contributed by atoms with Gasteiger partial charge in [0.15, 0.2) is 23.5 Å². The third-order valence-electron chi connectivity index (χ3n) is 8.28. The molecular formula is C30H42N8O5. The van der Waals surface area contributed by atoms with Gasteiger partial charge in [-0.15, -0.1) is 0 Å². The van der Waals surface area contributed by atoms with E-state index in [0.717, 1.165) is 12.1 Å². The first-order valence-corrected chi connectivity index (χ1v) is 14.9. The molecule has 0 aliphatic carbocycles. The first-order valence-electron chi connectivity index (χ1n) is 14.9. The highest BCUT2D eigenvalue weighted by Crippen LogP contribution is 2.46. The maximum atomic E-state index is 12.4. The van der Waals surface area contributed by atoms with E-state index in [-0.39, 0.29) is 35.3 Å². The van der Waals surface area contributed by atoms with Gasteiger partial charge in [0.1, 0.15) is 24.1 Å². The van der Waals surface area contributed by atoms with Crippen LogP contribution in [0.1, 0.15) is 59.3 Å². The van der Waals surface area contributed by atoms with Crippen molar-refractivity contribution in [2.45, 2.75) is 88.7 Å². The Labute approximate surface area is 251 Å². The van der Waals surface area contributed by atoms with Crippen molar-refractivity contribution in [2.24, 2.45) is 0 Å². The summed E-state index contributed by atoms with van der Waals surface area (Å²) in [5.74, 6) is -0.437. The van der Waals surface area contributed by atoms with Crippen LogP contribution in [-0.2, 0) is 24.4 Å². The standard InChI is InChI=1S/C30H42N8O5/c1-28(2,3)18-7-9-19(10-8-18)37-27(39)32-11-6-12-36-30(14-40-15-30)13-20-22-23(43-29(4,5)42-22)26(41-20)38-17-35-21-24(31)33-16-34-25(21)38/h7-10,16-17,20,22-23,26,36H,6,11-15H2,1-5H3,(H2,31,33,34)(H2,32,37,39)/t20-,22-,23-,26-/m1/s1. The summed E-state index contributed by atoms with van der Waals surface area (Å²) in [6.07, 6.45) is 3.15. The van der Waals surface area contributed by atoms with Crippen LogP contribution in [-0.4, -0.2) is 81.5 Å². The second-order valence-corrected chi connectivity index (χ2v) is 13.2. The Morgan fingerprint density at radius 1 is 1.07 bits per heavy atom. The van der Waals surface area contributed by atoms with Gasteiger partial charge in [-0.05, 0) is 56.3 Å². The fourth-order valence-electron chi connectivity index (χ4n) is 6.00. The van der Waals surface area contributed by atoms with Crippen molar-refractivity contribution in [3.05, 3.63) is 42.5 Å². The molecule has 3 aliphatic rings. The molecule has 0 spiro atoms. The number of nitrogens with one attached hydrogen (secondary N) is 3. The molecule has 43 heavy (non-hydrogen) atoms. The number of anilines is 2. The van der Waals surface area contributed by atoms with Crippen molar-refractivity contribution >= 4 is 28.7 Å². The first kappa shape index (κ1) is 29.7. The van der Waals surface area contributed by atoms with Crippen molar-refractivity contribution in [1.82, 2.24) is 30.2 Å². The molecule has 0 bridgehead atoms. The monoisotopic (exact) mass is 594 g/mol. The molecule has 0 unspecified atom stereocenters. The third kappa shape index (κ3) is 6.18. The third-order valence-corrected chi connectivity index (χ3v) is 8.28. The Hall–Kier alpha value is -3.36. The second-order valence-electron chi connectivity index (χ2n) is 13.2. The number of urea groups is 1. The average Bonchev–Trinajstić information content (AvgIpc) is 3.58. The fraction of sp³-hybridized carbons (Fsp3) is 0.600. The van der Waals surface area contributed by atoms with Crippen molar-refractivity contribution in [1.29, 1.82) is 0 Å². The van der Waals surface area contributed by atoms with E-state index in [4.69, 9.17) is 24.7 Å². The number of nitrogens with two attached hydrogens (primary N) is 1. The zero-order chi connectivity index (χ0) is 30.4. The number of carbonyl (C=O) groups excluding carboxylic acids is 1. The number of nitrogens with zero attached hydrogens (tertiary/aromatic N) is 4. The van der Waals surface area contributed by atoms with Crippen LogP contribution in [0.2, 0.25) is 0 Å². The van der Waals surface area contributed by atoms with E-state index in [1.807, 2.05) is 42.7 Å². The maximum absolute atomic E-state index is 12.4.